The van der Waals surface area contributed by atoms with Gasteiger partial charge >= 0.3 is 0 Å². The number of hydrogen-bond donors (Lipinski definition) is 4. The van der Waals surface area contributed by atoms with Gasteiger partial charge in [-0.3, -0.25) is 19.4 Å². The number of para-hydroxylation sites is 1. The molecule has 0 atom stereocenters. The van der Waals surface area contributed by atoms with Crippen molar-refractivity contribution in [2.75, 3.05) is 48.5 Å². The molecule has 0 aliphatic heterocycles. The zero-order chi connectivity index (χ0) is 27.4. The van der Waals surface area contributed by atoms with Crippen LogP contribution >= 0.6 is 11.3 Å². The summed E-state index contributed by atoms with van der Waals surface area (Å²) < 4.78 is 0. The molecule has 10 heteroatoms. The number of pyridine rings is 1. The molecule has 198 valence electrons. The topological polar surface area (TPSA) is 115 Å². The van der Waals surface area contributed by atoms with Crippen molar-refractivity contribution in [1.82, 2.24) is 9.88 Å². The van der Waals surface area contributed by atoms with Gasteiger partial charge < -0.3 is 26.2 Å². The Hall–Kier alpha value is -4.54. The summed E-state index contributed by atoms with van der Waals surface area (Å²) in [4.78, 5) is 44.0. The van der Waals surface area contributed by atoms with Crippen molar-refractivity contribution in [1.29, 1.82) is 0 Å². The van der Waals surface area contributed by atoms with E-state index < -0.39 is 10.9 Å². The van der Waals surface area contributed by atoms with Crippen LogP contribution in [0.5, 0.6) is 0 Å². The number of carbonyl (C=O) groups is 1. The molecule has 0 unspecified atom stereocenters. The number of aromatic nitrogens is 1. The first-order valence-corrected chi connectivity index (χ1v) is 13.3. The average molecular weight is 541 g/mol. The minimum atomic E-state index is -0.544. The third kappa shape index (κ3) is 5.82. The van der Waals surface area contributed by atoms with Crippen LogP contribution in [0.4, 0.5) is 28.4 Å². The maximum atomic E-state index is 13.0. The summed E-state index contributed by atoms with van der Waals surface area (Å²) >= 11 is 1.36. The van der Waals surface area contributed by atoms with Crippen LogP contribution in [-0.4, -0.2) is 43.0 Å². The molecule has 3 aromatic carbocycles. The molecule has 1 amide bonds. The number of thiophene rings is 1. The van der Waals surface area contributed by atoms with Crippen LogP contribution in [0.1, 0.15) is 15.2 Å². The lowest BCUT2D eigenvalue weighted by molar-refractivity contribution is 0.103. The predicted octanol–water partition coefficient (Wildman–Crippen LogP) is 4.47. The summed E-state index contributed by atoms with van der Waals surface area (Å²) in [7, 11) is 3.87. The maximum absolute atomic E-state index is 13.0. The number of fused-ring (bicyclic) bond motifs is 1. The van der Waals surface area contributed by atoms with E-state index in [1.54, 1.807) is 30.5 Å². The van der Waals surface area contributed by atoms with Gasteiger partial charge in [-0.1, -0.05) is 18.2 Å². The van der Waals surface area contributed by atoms with Crippen molar-refractivity contribution in [3.8, 4) is 0 Å². The van der Waals surface area contributed by atoms with E-state index in [4.69, 9.17) is 0 Å². The number of hydrogen-bond acceptors (Lipinski definition) is 9. The normalized spacial score (nSPS) is 11.2. The van der Waals surface area contributed by atoms with Gasteiger partial charge in [0, 0.05) is 42.6 Å². The molecule has 0 saturated carbocycles. The van der Waals surface area contributed by atoms with Crippen molar-refractivity contribution >= 4 is 56.6 Å². The molecule has 0 aliphatic carbocycles. The lowest BCUT2D eigenvalue weighted by Crippen LogP contribution is -2.37. The monoisotopic (exact) mass is 540 g/mol. The fourth-order valence-electron chi connectivity index (χ4n) is 4.18. The summed E-state index contributed by atoms with van der Waals surface area (Å²) in [5.41, 5.74) is 3.53. The molecule has 5 aromatic rings. The first-order chi connectivity index (χ1) is 18.9. The highest BCUT2D eigenvalue weighted by molar-refractivity contribution is 7.12. The fourth-order valence-corrected chi connectivity index (χ4v) is 4.94. The number of rotatable bonds is 11. The maximum Gasteiger partial charge on any atom is 0.267 e. The van der Waals surface area contributed by atoms with Crippen LogP contribution in [0.3, 0.4) is 0 Å². The van der Waals surface area contributed by atoms with E-state index in [9.17, 15) is 14.4 Å². The highest BCUT2D eigenvalue weighted by Crippen LogP contribution is 2.27. The van der Waals surface area contributed by atoms with E-state index in [0.29, 0.717) is 35.0 Å². The largest absolute Gasteiger partial charge is 0.380 e. The van der Waals surface area contributed by atoms with Crippen LogP contribution < -0.4 is 32.1 Å². The predicted molar refractivity (Wildman–Crippen MR) is 159 cm³/mol. The van der Waals surface area contributed by atoms with Gasteiger partial charge in [-0.25, -0.2) is 0 Å². The molecular weight excluding hydrogens is 512 g/mol. The summed E-state index contributed by atoms with van der Waals surface area (Å²) in [6, 6.07) is 18.8. The molecule has 9 nitrogen and oxygen atoms in total. The Bertz CT molecular complexity index is 1680. The van der Waals surface area contributed by atoms with E-state index in [0.717, 1.165) is 28.7 Å². The van der Waals surface area contributed by atoms with E-state index in [1.807, 2.05) is 60.8 Å². The second-order valence-electron chi connectivity index (χ2n) is 9.30. The zero-order valence-corrected chi connectivity index (χ0v) is 22.4. The van der Waals surface area contributed by atoms with E-state index in [-0.39, 0.29) is 11.6 Å². The van der Waals surface area contributed by atoms with Crippen LogP contribution in [0.2, 0.25) is 0 Å². The molecule has 39 heavy (non-hydrogen) atoms. The fraction of sp³-hybridized carbons (Fsp3) is 0.172. The van der Waals surface area contributed by atoms with Crippen molar-refractivity contribution in [2.24, 2.45) is 0 Å². The van der Waals surface area contributed by atoms with Gasteiger partial charge in [0.1, 0.15) is 16.3 Å². The summed E-state index contributed by atoms with van der Waals surface area (Å²) in [5, 5.41) is 15.3. The van der Waals surface area contributed by atoms with Crippen molar-refractivity contribution in [3.63, 3.8) is 0 Å². The van der Waals surface area contributed by atoms with Crippen LogP contribution in [-0.2, 0) is 6.54 Å². The molecule has 2 aromatic heterocycles. The van der Waals surface area contributed by atoms with Crippen molar-refractivity contribution in [2.45, 2.75) is 6.54 Å². The Morgan fingerprint density at radius 3 is 2.44 bits per heavy atom. The molecule has 0 fully saturated rings. The second-order valence-corrected chi connectivity index (χ2v) is 10.2. The van der Waals surface area contributed by atoms with Crippen LogP contribution in [0.25, 0.3) is 10.9 Å². The number of likely N-dealkylation sites (N-methyl/N-ethyl adjacent to an activating group) is 1. The smallest absolute Gasteiger partial charge is 0.267 e. The van der Waals surface area contributed by atoms with Gasteiger partial charge in [0.05, 0.1) is 11.2 Å². The number of nitrogens with one attached hydrogen (secondary N) is 4. The Labute approximate surface area is 229 Å². The van der Waals surface area contributed by atoms with Gasteiger partial charge in [-0.2, -0.15) is 0 Å². The highest BCUT2D eigenvalue weighted by Gasteiger charge is 2.21. The Balaban J connectivity index is 1.21. The van der Waals surface area contributed by atoms with Gasteiger partial charge in [0.25, 0.3) is 16.8 Å². The quantitative estimate of drug-likeness (QED) is 0.181. The average Bonchev–Trinajstić information content (AvgIpc) is 3.42. The molecule has 0 spiro atoms. The first kappa shape index (κ1) is 26.1. The number of carbonyl (C=O) groups excluding carboxylic acids is 1. The van der Waals surface area contributed by atoms with Gasteiger partial charge in [0.15, 0.2) is 0 Å². The first-order valence-electron chi connectivity index (χ1n) is 12.4. The molecule has 5 rings (SSSR count). The number of anilines is 5. The molecule has 0 aliphatic rings. The molecule has 4 N–H and O–H groups in total. The molecule has 0 radical (unpaired) electrons. The van der Waals surface area contributed by atoms with Crippen molar-refractivity contribution < 1.29 is 4.79 Å². The second kappa shape index (κ2) is 11.5. The Morgan fingerprint density at radius 1 is 0.897 bits per heavy atom. The summed E-state index contributed by atoms with van der Waals surface area (Å²) in [5.74, 6) is -0.220. The molecule has 0 bridgehead atoms. The minimum absolute atomic E-state index is 0.220. The number of benzene rings is 2. The summed E-state index contributed by atoms with van der Waals surface area (Å²) in [6.07, 6.45) is 1.79. The SMILES string of the molecule is CN(C)CCNc1c(Nc2ccc(NC(=O)c3sccc3NCc3ccnc4ccccc34)cc2)c(=O)c1=O. The standard InChI is InChI=1S/C29H28N6O3S/c1-35(2)15-14-31-24-25(27(37)26(24)36)33-19-7-9-20(10-8-19)34-29(38)28-23(12-16-39-28)32-17-18-11-13-30-22-6-4-3-5-21(18)22/h3-13,16,31-33H,14-15,17H2,1-2H3,(H,34,38). The van der Waals surface area contributed by atoms with E-state index in [2.05, 4.69) is 26.3 Å². The highest BCUT2D eigenvalue weighted by atomic mass is 32.1. The van der Waals surface area contributed by atoms with Crippen LogP contribution in [0, 0.1) is 0 Å². The van der Waals surface area contributed by atoms with Gasteiger partial charge in [-0.15, -0.1) is 11.3 Å². The lowest BCUT2D eigenvalue weighted by Gasteiger charge is -2.16. The third-order valence-corrected chi connectivity index (χ3v) is 7.18. The zero-order valence-electron chi connectivity index (χ0n) is 21.6. The Kier molecular flexibility index (Phi) is 7.67. The number of amides is 1. The van der Waals surface area contributed by atoms with Crippen molar-refractivity contribution in [3.05, 3.63) is 103 Å². The third-order valence-electron chi connectivity index (χ3n) is 6.26. The Morgan fingerprint density at radius 2 is 1.64 bits per heavy atom. The lowest BCUT2D eigenvalue weighted by atomic mass is 10.1. The molecule has 2 heterocycles. The minimum Gasteiger partial charge on any atom is -0.380 e. The summed E-state index contributed by atoms with van der Waals surface area (Å²) in [6.45, 7) is 1.84. The van der Waals surface area contributed by atoms with Gasteiger partial charge in [0.2, 0.25) is 0 Å². The molecular formula is C29H28N6O3S. The van der Waals surface area contributed by atoms with Crippen LogP contribution in [0.15, 0.2) is 81.8 Å². The number of nitrogens with zero attached hydrogens (tertiary/aromatic N) is 2. The van der Waals surface area contributed by atoms with E-state index in [1.165, 1.54) is 11.3 Å². The molecule has 0 saturated heterocycles. The van der Waals surface area contributed by atoms with E-state index >= 15 is 0 Å². The van der Waals surface area contributed by atoms with Gasteiger partial charge in [-0.05, 0) is 67.5 Å².